The number of thiocarbonyl (C=S) groups is 1. The summed E-state index contributed by atoms with van der Waals surface area (Å²) in [6.07, 6.45) is 0. The molecule has 0 atom stereocenters. The summed E-state index contributed by atoms with van der Waals surface area (Å²) in [4.78, 5) is 0. The van der Waals surface area contributed by atoms with E-state index >= 15 is 0 Å². The predicted octanol–water partition coefficient (Wildman–Crippen LogP) is 1.87. The van der Waals surface area contributed by atoms with E-state index in [2.05, 4.69) is 17.5 Å². The maximum atomic E-state index is 12.4. The van der Waals surface area contributed by atoms with Crippen molar-refractivity contribution in [2.24, 2.45) is 0 Å². The average Bonchev–Trinajstić information content (AvgIpc) is 2.04. The molecule has 0 aliphatic rings. The molecule has 11 heavy (non-hydrogen) atoms. The van der Waals surface area contributed by atoms with E-state index in [9.17, 15) is 4.39 Å². The summed E-state index contributed by atoms with van der Waals surface area (Å²) in [5.74, 6) is -0.212. The Morgan fingerprint density at radius 1 is 1.36 bits per heavy atom. The van der Waals surface area contributed by atoms with Crippen LogP contribution in [0.2, 0.25) is 0 Å². The fourth-order valence-corrected chi connectivity index (χ4v) is 0.845. The standard InChI is InChI=1S/C8H8FNS/c9-8-3-1-7(2-4-8)5-10-6-11/h1-4,6H,5H2,(H,10,11). The number of rotatable bonds is 3. The van der Waals surface area contributed by atoms with E-state index in [0.717, 1.165) is 5.56 Å². The van der Waals surface area contributed by atoms with Gasteiger partial charge in [0.2, 0.25) is 0 Å². The topological polar surface area (TPSA) is 12.0 Å². The number of hydrogen-bond acceptors (Lipinski definition) is 1. The molecule has 1 N–H and O–H groups in total. The molecular weight excluding hydrogens is 161 g/mol. The van der Waals surface area contributed by atoms with Crippen LogP contribution in [0.1, 0.15) is 5.56 Å². The molecule has 0 unspecified atom stereocenters. The van der Waals surface area contributed by atoms with Crippen LogP contribution in [0.25, 0.3) is 0 Å². The highest BCUT2D eigenvalue weighted by molar-refractivity contribution is 7.78. The first-order valence-corrected chi connectivity index (χ1v) is 3.71. The van der Waals surface area contributed by atoms with Gasteiger partial charge in [0.1, 0.15) is 5.82 Å². The van der Waals surface area contributed by atoms with Crippen molar-refractivity contribution < 1.29 is 4.39 Å². The number of hydrogen-bond donors (Lipinski definition) is 1. The first kappa shape index (κ1) is 8.14. The van der Waals surface area contributed by atoms with Gasteiger partial charge in [0.25, 0.3) is 0 Å². The number of halogens is 1. The Morgan fingerprint density at radius 2 is 2.00 bits per heavy atom. The SMILES string of the molecule is Fc1ccc(CNC=S)cc1. The van der Waals surface area contributed by atoms with Crippen LogP contribution in [0.3, 0.4) is 0 Å². The summed E-state index contributed by atoms with van der Waals surface area (Å²) < 4.78 is 12.4. The van der Waals surface area contributed by atoms with Crippen molar-refractivity contribution in [1.29, 1.82) is 0 Å². The lowest BCUT2D eigenvalue weighted by Gasteiger charge is -1.98. The molecule has 0 fully saturated rings. The van der Waals surface area contributed by atoms with E-state index in [1.807, 2.05) is 0 Å². The van der Waals surface area contributed by atoms with Gasteiger partial charge in [-0.2, -0.15) is 0 Å². The fourth-order valence-electron chi connectivity index (χ4n) is 0.762. The summed E-state index contributed by atoms with van der Waals surface area (Å²) >= 11 is 4.57. The molecule has 0 amide bonds. The minimum Gasteiger partial charge on any atom is -0.378 e. The van der Waals surface area contributed by atoms with Gasteiger partial charge >= 0.3 is 0 Å². The number of nitrogens with one attached hydrogen (secondary N) is 1. The third-order valence-corrected chi connectivity index (χ3v) is 1.47. The molecule has 3 heteroatoms. The van der Waals surface area contributed by atoms with Crippen molar-refractivity contribution >= 4 is 17.7 Å². The summed E-state index contributed by atoms with van der Waals surface area (Å²) in [6.45, 7) is 0.657. The first-order valence-electron chi connectivity index (χ1n) is 3.24. The van der Waals surface area contributed by atoms with Gasteiger partial charge in [-0.25, -0.2) is 4.39 Å². The molecular formula is C8H8FNS. The van der Waals surface area contributed by atoms with Crippen LogP contribution in [-0.4, -0.2) is 5.49 Å². The second kappa shape index (κ2) is 4.03. The van der Waals surface area contributed by atoms with Crippen LogP contribution in [0.4, 0.5) is 4.39 Å². The summed E-state index contributed by atoms with van der Waals surface area (Å²) in [6, 6.07) is 6.31. The first-order chi connectivity index (χ1) is 5.33. The molecule has 0 aliphatic carbocycles. The molecule has 0 aliphatic heterocycles. The lowest BCUT2D eigenvalue weighted by molar-refractivity contribution is 0.627. The van der Waals surface area contributed by atoms with Crippen LogP contribution < -0.4 is 5.32 Å². The van der Waals surface area contributed by atoms with Crippen LogP contribution in [0.5, 0.6) is 0 Å². The summed E-state index contributed by atoms with van der Waals surface area (Å²) in [5, 5.41) is 2.85. The van der Waals surface area contributed by atoms with E-state index in [1.54, 1.807) is 12.1 Å². The maximum absolute atomic E-state index is 12.4. The Labute approximate surface area is 70.2 Å². The zero-order chi connectivity index (χ0) is 8.10. The molecule has 1 aromatic rings. The molecule has 0 saturated carbocycles. The van der Waals surface area contributed by atoms with Gasteiger partial charge in [0.15, 0.2) is 0 Å². The summed E-state index contributed by atoms with van der Waals surface area (Å²) in [5.41, 5.74) is 2.47. The normalized spacial score (nSPS) is 9.18. The molecule has 0 saturated heterocycles. The molecule has 0 radical (unpaired) electrons. The number of benzene rings is 1. The van der Waals surface area contributed by atoms with Crippen molar-refractivity contribution in [3.63, 3.8) is 0 Å². The van der Waals surface area contributed by atoms with E-state index in [1.165, 1.54) is 17.6 Å². The maximum Gasteiger partial charge on any atom is 0.123 e. The van der Waals surface area contributed by atoms with Gasteiger partial charge in [0, 0.05) is 6.54 Å². The van der Waals surface area contributed by atoms with E-state index < -0.39 is 0 Å². The smallest absolute Gasteiger partial charge is 0.123 e. The van der Waals surface area contributed by atoms with Gasteiger partial charge < -0.3 is 5.32 Å². The Kier molecular flexibility index (Phi) is 2.98. The molecule has 0 bridgehead atoms. The fraction of sp³-hybridized carbons (Fsp3) is 0.125. The zero-order valence-electron chi connectivity index (χ0n) is 5.88. The van der Waals surface area contributed by atoms with Crippen molar-refractivity contribution in [1.82, 2.24) is 5.32 Å². The van der Waals surface area contributed by atoms with Gasteiger partial charge in [-0.05, 0) is 17.7 Å². The highest BCUT2D eigenvalue weighted by atomic mass is 32.1. The third kappa shape index (κ3) is 2.63. The van der Waals surface area contributed by atoms with Crippen LogP contribution in [-0.2, 0) is 6.54 Å². The van der Waals surface area contributed by atoms with Gasteiger partial charge in [-0.1, -0.05) is 24.4 Å². The predicted molar refractivity (Wildman–Crippen MR) is 46.9 cm³/mol. The van der Waals surface area contributed by atoms with Crippen molar-refractivity contribution in [2.45, 2.75) is 6.54 Å². The summed E-state index contributed by atoms with van der Waals surface area (Å²) in [7, 11) is 0. The van der Waals surface area contributed by atoms with Gasteiger partial charge in [-0.3, -0.25) is 0 Å². The quantitative estimate of drug-likeness (QED) is 0.693. The minimum atomic E-state index is -0.212. The Morgan fingerprint density at radius 3 is 2.55 bits per heavy atom. The molecule has 1 aromatic carbocycles. The monoisotopic (exact) mass is 169 g/mol. The van der Waals surface area contributed by atoms with Crippen molar-refractivity contribution in [3.8, 4) is 0 Å². The highest BCUT2D eigenvalue weighted by Crippen LogP contribution is 2.01. The van der Waals surface area contributed by atoms with E-state index in [-0.39, 0.29) is 5.82 Å². The van der Waals surface area contributed by atoms with Crippen LogP contribution >= 0.6 is 12.2 Å². The largest absolute Gasteiger partial charge is 0.378 e. The second-order valence-electron chi connectivity index (χ2n) is 2.13. The lowest BCUT2D eigenvalue weighted by atomic mass is 10.2. The van der Waals surface area contributed by atoms with Gasteiger partial charge in [-0.15, -0.1) is 0 Å². The second-order valence-corrected chi connectivity index (χ2v) is 2.36. The third-order valence-electron chi connectivity index (χ3n) is 1.30. The zero-order valence-corrected chi connectivity index (χ0v) is 6.70. The Bertz CT molecular complexity index is 232. The lowest BCUT2D eigenvalue weighted by Crippen LogP contribution is -2.08. The molecule has 0 aromatic heterocycles. The van der Waals surface area contributed by atoms with E-state index in [4.69, 9.17) is 0 Å². The molecule has 1 nitrogen and oxygen atoms in total. The molecule has 58 valence electrons. The van der Waals surface area contributed by atoms with Crippen LogP contribution in [0.15, 0.2) is 24.3 Å². The Balaban J connectivity index is 2.58. The van der Waals surface area contributed by atoms with E-state index in [0.29, 0.717) is 6.54 Å². The average molecular weight is 169 g/mol. The van der Waals surface area contributed by atoms with Gasteiger partial charge in [0.05, 0.1) is 5.49 Å². The molecule has 0 heterocycles. The highest BCUT2D eigenvalue weighted by Gasteiger charge is 1.90. The minimum absolute atomic E-state index is 0.212. The Hall–Kier alpha value is -0.960. The van der Waals surface area contributed by atoms with Crippen molar-refractivity contribution in [2.75, 3.05) is 0 Å². The van der Waals surface area contributed by atoms with Crippen molar-refractivity contribution in [3.05, 3.63) is 35.6 Å². The molecule has 1 rings (SSSR count). The van der Waals surface area contributed by atoms with Crippen LogP contribution in [0, 0.1) is 5.82 Å². The molecule has 0 spiro atoms.